The molecule has 0 aliphatic rings. The molecule has 5 nitrogen and oxygen atoms in total. The van der Waals surface area contributed by atoms with Gasteiger partial charge in [0.05, 0.1) is 11.1 Å². The van der Waals surface area contributed by atoms with Gasteiger partial charge in [0.1, 0.15) is 11.2 Å². The highest BCUT2D eigenvalue weighted by Crippen LogP contribution is 2.44. The highest BCUT2D eigenvalue weighted by molar-refractivity contribution is 6.14. The topological polar surface area (TPSA) is 55.1 Å². The van der Waals surface area contributed by atoms with Gasteiger partial charge in [-0.15, -0.1) is 0 Å². The number of fused-ring (bicyclic) bond motifs is 3. The second-order valence-corrected chi connectivity index (χ2v) is 13.7. The zero-order chi connectivity index (χ0) is 37.3. The summed E-state index contributed by atoms with van der Waals surface area (Å²) < 4.78 is 6.66. The van der Waals surface area contributed by atoms with Crippen molar-refractivity contribution in [3.8, 4) is 56.4 Å². The Morgan fingerprint density at radius 2 is 0.732 bits per heavy atom. The maximum absolute atomic E-state index is 6.66. The lowest BCUT2D eigenvalue weighted by molar-refractivity contribution is 0.669. The molecule has 8 aromatic carbocycles. The quantitative estimate of drug-likeness (QED) is 0.157. The van der Waals surface area contributed by atoms with E-state index in [0.717, 1.165) is 66.8 Å². The van der Waals surface area contributed by atoms with E-state index in [4.69, 9.17) is 19.4 Å². The van der Waals surface area contributed by atoms with Crippen LogP contribution < -0.4 is 4.90 Å². The van der Waals surface area contributed by atoms with Gasteiger partial charge in [0.25, 0.3) is 0 Å². The van der Waals surface area contributed by atoms with Gasteiger partial charge in [0, 0.05) is 33.5 Å². The molecular formula is C51H34N4O. The van der Waals surface area contributed by atoms with E-state index < -0.39 is 0 Å². The van der Waals surface area contributed by atoms with E-state index in [0.29, 0.717) is 17.5 Å². The van der Waals surface area contributed by atoms with Gasteiger partial charge in [-0.3, -0.25) is 0 Å². The third-order valence-electron chi connectivity index (χ3n) is 10.1. The minimum atomic E-state index is 0.582. The van der Waals surface area contributed by atoms with Crippen LogP contribution in [0, 0.1) is 0 Å². The smallest absolute Gasteiger partial charge is 0.164 e. The Kier molecular flexibility index (Phi) is 8.43. The molecule has 264 valence electrons. The Morgan fingerprint density at radius 1 is 0.321 bits per heavy atom. The number of aromatic nitrogens is 3. The second kappa shape index (κ2) is 14.3. The highest BCUT2D eigenvalue weighted by atomic mass is 16.3. The van der Waals surface area contributed by atoms with E-state index in [1.165, 1.54) is 11.1 Å². The Balaban J connectivity index is 1.11. The summed E-state index contributed by atoms with van der Waals surface area (Å²) in [5.74, 6) is 1.82. The summed E-state index contributed by atoms with van der Waals surface area (Å²) in [4.78, 5) is 17.1. The van der Waals surface area contributed by atoms with Gasteiger partial charge in [0.2, 0.25) is 0 Å². The monoisotopic (exact) mass is 718 g/mol. The van der Waals surface area contributed by atoms with E-state index in [1.54, 1.807) is 0 Å². The lowest BCUT2D eigenvalue weighted by atomic mass is 10.0. The predicted octanol–water partition coefficient (Wildman–Crippen LogP) is 13.6. The van der Waals surface area contributed by atoms with Crippen LogP contribution >= 0.6 is 0 Å². The van der Waals surface area contributed by atoms with Crippen LogP contribution in [0.4, 0.5) is 17.1 Å². The molecule has 0 N–H and O–H groups in total. The van der Waals surface area contributed by atoms with Crippen molar-refractivity contribution in [1.82, 2.24) is 15.0 Å². The molecular weight excluding hydrogens is 685 g/mol. The normalized spacial score (nSPS) is 11.2. The van der Waals surface area contributed by atoms with Gasteiger partial charge < -0.3 is 9.32 Å². The van der Waals surface area contributed by atoms with Gasteiger partial charge in [-0.2, -0.15) is 0 Å². The summed E-state index contributed by atoms with van der Waals surface area (Å²) in [5, 5.41) is 2.03. The molecule has 0 aliphatic heterocycles. The first kappa shape index (κ1) is 33.0. The van der Waals surface area contributed by atoms with Crippen LogP contribution in [0.5, 0.6) is 0 Å². The van der Waals surface area contributed by atoms with E-state index >= 15 is 0 Å². The lowest BCUT2D eigenvalue weighted by Crippen LogP contribution is -2.10. The molecule has 0 saturated carbocycles. The molecule has 56 heavy (non-hydrogen) atoms. The number of benzene rings is 8. The molecule has 0 unspecified atom stereocenters. The van der Waals surface area contributed by atoms with Crippen LogP contribution in [0.25, 0.3) is 78.4 Å². The molecule has 5 heteroatoms. The first-order chi connectivity index (χ1) is 27.7. The molecule has 0 bridgehead atoms. The van der Waals surface area contributed by atoms with E-state index in [-0.39, 0.29) is 0 Å². The Labute approximate surface area is 324 Å². The molecule has 0 radical (unpaired) electrons. The van der Waals surface area contributed by atoms with Gasteiger partial charge in [-0.05, 0) is 70.8 Å². The largest absolute Gasteiger partial charge is 0.456 e. The average Bonchev–Trinajstić information content (AvgIpc) is 3.67. The van der Waals surface area contributed by atoms with Gasteiger partial charge in [-0.25, -0.2) is 15.0 Å². The second-order valence-electron chi connectivity index (χ2n) is 13.7. The van der Waals surface area contributed by atoms with E-state index in [1.807, 2.05) is 84.9 Å². The molecule has 0 aliphatic carbocycles. The van der Waals surface area contributed by atoms with Crippen molar-refractivity contribution in [2.24, 2.45) is 0 Å². The van der Waals surface area contributed by atoms with Crippen LogP contribution in [0.2, 0.25) is 0 Å². The fourth-order valence-corrected chi connectivity index (χ4v) is 7.36. The molecule has 2 heterocycles. The van der Waals surface area contributed by atoms with Gasteiger partial charge in [-0.1, -0.05) is 158 Å². The number of hydrogen-bond acceptors (Lipinski definition) is 5. The number of nitrogens with zero attached hydrogens (tertiary/aromatic N) is 4. The molecule has 0 spiro atoms. The minimum absolute atomic E-state index is 0.582. The summed E-state index contributed by atoms with van der Waals surface area (Å²) in [6, 6.07) is 71.1. The van der Waals surface area contributed by atoms with Crippen LogP contribution in [-0.4, -0.2) is 15.0 Å². The van der Waals surface area contributed by atoms with Crippen LogP contribution in [0.1, 0.15) is 0 Å². The highest BCUT2D eigenvalue weighted by Gasteiger charge is 2.21. The molecule has 0 amide bonds. The van der Waals surface area contributed by atoms with Gasteiger partial charge >= 0.3 is 0 Å². The zero-order valence-corrected chi connectivity index (χ0v) is 30.3. The van der Waals surface area contributed by atoms with Crippen molar-refractivity contribution in [2.75, 3.05) is 4.90 Å². The first-order valence-electron chi connectivity index (χ1n) is 18.7. The number of rotatable bonds is 8. The van der Waals surface area contributed by atoms with Crippen LogP contribution in [0.3, 0.4) is 0 Å². The van der Waals surface area contributed by atoms with Crippen molar-refractivity contribution < 1.29 is 4.42 Å². The fraction of sp³-hybridized carbons (Fsp3) is 0. The minimum Gasteiger partial charge on any atom is -0.456 e. The first-order valence-corrected chi connectivity index (χ1v) is 18.7. The van der Waals surface area contributed by atoms with E-state index in [9.17, 15) is 0 Å². The molecule has 10 aromatic rings. The van der Waals surface area contributed by atoms with Crippen molar-refractivity contribution in [3.63, 3.8) is 0 Å². The number of hydrogen-bond donors (Lipinski definition) is 0. The number of anilines is 3. The predicted molar refractivity (Wildman–Crippen MR) is 229 cm³/mol. The van der Waals surface area contributed by atoms with Crippen molar-refractivity contribution in [3.05, 3.63) is 206 Å². The molecule has 2 aromatic heterocycles. The van der Waals surface area contributed by atoms with Gasteiger partial charge in [0.15, 0.2) is 17.5 Å². The molecule has 10 rings (SSSR count). The van der Waals surface area contributed by atoms with E-state index in [2.05, 4.69) is 126 Å². The van der Waals surface area contributed by atoms with Crippen molar-refractivity contribution in [1.29, 1.82) is 0 Å². The average molecular weight is 719 g/mol. The van der Waals surface area contributed by atoms with Crippen molar-refractivity contribution >= 4 is 39.0 Å². The van der Waals surface area contributed by atoms with Crippen molar-refractivity contribution in [2.45, 2.75) is 0 Å². The summed E-state index contributed by atoms with van der Waals surface area (Å²) in [5.41, 5.74) is 12.1. The zero-order valence-electron chi connectivity index (χ0n) is 30.3. The van der Waals surface area contributed by atoms with Crippen LogP contribution in [0.15, 0.2) is 211 Å². The summed E-state index contributed by atoms with van der Waals surface area (Å²) in [6.45, 7) is 0. The maximum atomic E-state index is 6.66. The Bertz CT molecular complexity index is 2790. The lowest BCUT2D eigenvalue weighted by Gasteiger charge is -2.26. The molecule has 0 fully saturated rings. The SMILES string of the molecule is c1ccc(-c2ccc(N(c3ccc(-c4ccccc4)cc3)c3cccc4oc5cc(-c6nc(-c7ccccc7)nc(-c7ccccc7)n6)ccc5c34)cc2)cc1. The van der Waals surface area contributed by atoms with Crippen LogP contribution in [-0.2, 0) is 0 Å². The number of furan rings is 1. The third kappa shape index (κ3) is 6.27. The molecule has 0 atom stereocenters. The third-order valence-corrected chi connectivity index (χ3v) is 10.1. The standard InChI is InChI=1S/C51H34N4O/c1-5-14-35(15-6-1)37-24-29-42(30-25-37)55(43-31-26-38(27-32-43)36-16-7-2-8-17-36)45-22-13-23-46-48(45)44-33-28-41(34-47(44)56-46)51-53-49(39-18-9-3-10-19-39)52-50(54-51)40-20-11-4-12-21-40/h1-34H. The molecule has 0 saturated heterocycles. The summed E-state index contributed by atoms with van der Waals surface area (Å²) >= 11 is 0. The summed E-state index contributed by atoms with van der Waals surface area (Å²) in [7, 11) is 0. The maximum Gasteiger partial charge on any atom is 0.164 e. The summed E-state index contributed by atoms with van der Waals surface area (Å²) in [6.07, 6.45) is 0. The Hall–Kier alpha value is -7.63. The Morgan fingerprint density at radius 3 is 1.21 bits per heavy atom. The fourth-order valence-electron chi connectivity index (χ4n) is 7.36.